The van der Waals surface area contributed by atoms with E-state index in [9.17, 15) is 0 Å². The summed E-state index contributed by atoms with van der Waals surface area (Å²) in [4.78, 5) is 2.44. The topological polar surface area (TPSA) is 47.7 Å². The summed E-state index contributed by atoms with van der Waals surface area (Å²) in [5, 5.41) is 0. The Labute approximate surface area is 128 Å². The predicted molar refractivity (Wildman–Crippen MR) is 85.8 cm³/mol. The average molecular weight is 292 g/mol. The van der Waals surface area contributed by atoms with Gasteiger partial charge in [0.05, 0.1) is 14.2 Å². The first kappa shape index (κ1) is 16.1. The van der Waals surface area contributed by atoms with E-state index in [0.717, 1.165) is 24.6 Å². The summed E-state index contributed by atoms with van der Waals surface area (Å²) in [6.07, 6.45) is 5.16. The van der Waals surface area contributed by atoms with E-state index in [1.807, 2.05) is 6.07 Å². The van der Waals surface area contributed by atoms with Crippen molar-refractivity contribution >= 4 is 0 Å². The van der Waals surface area contributed by atoms with E-state index < -0.39 is 0 Å². The fourth-order valence-corrected chi connectivity index (χ4v) is 3.43. The summed E-state index contributed by atoms with van der Waals surface area (Å²) in [7, 11) is 5.55. The lowest BCUT2D eigenvalue weighted by Gasteiger charge is -2.37. The van der Waals surface area contributed by atoms with Crippen LogP contribution in [0.15, 0.2) is 18.2 Å². The van der Waals surface area contributed by atoms with E-state index in [1.165, 1.54) is 31.2 Å². The van der Waals surface area contributed by atoms with Gasteiger partial charge in [0.25, 0.3) is 0 Å². The van der Waals surface area contributed by atoms with E-state index in [2.05, 4.69) is 24.1 Å². The summed E-state index contributed by atoms with van der Waals surface area (Å²) >= 11 is 0. The zero-order chi connectivity index (χ0) is 15.2. The number of benzene rings is 1. The van der Waals surface area contributed by atoms with Crippen LogP contribution in [0.3, 0.4) is 0 Å². The van der Waals surface area contributed by atoms with Crippen molar-refractivity contribution in [2.24, 2.45) is 11.7 Å². The highest BCUT2D eigenvalue weighted by Gasteiger charge is 2.27. The Hall–Kier alpha value is -1.26. The SMILES string of the molecule is COc1ccc(CN(C)C2CCCCC2CN)cc1OC. The second-order valence-electron chi connectivity index (χ2n) is 5.95. The van der Waals surface area contributed by atoms with Gasteiger partial charge >= 0.3 is 0 Å². The van der Waals surface area contributed by atoms with Gasteiger partial charge in [0.2, 0.25) is 0 Å². The second kappa shape index (κ2) is 7.66. The Morgan fingerprint density at radius 1 is 1.14 bits per heavy atom. The van der Waals surface area contributed by atoms with Crippen LogP contribution in [-0.4, -0.2) is 38.8 Å². The molecular formula is C17H28N2O2. The van der Waals surface area contributed by atoms with Crippen LogP contribution >= 0.6 is 0 Å². The quantitative estimate of drug-likeness (QED) is 0.875. The standard InChI is InChI=1S/C17H28N2O2/c1-19(15-7-5-4-6-14(15)11-18)12-13-8-9-16(20-2)17(10-13)21-3/h8-10,14-15H,4-7,11-12,18H2,1-3H3. The molecule has 4 nitrogen and oxygen atoms in total. The van der Waals surface area contributed by atoms with E-state index in [0.29, 0.717) is 12.0 Å². The first-order chi connectivity index (χ1) is 10.2. The average Bonchev–Trinajstić information content (AvgIpc) is 2.54. The smallest absolute Gasteiger partial charge is 0.161 e. The largest absolute Gasteiger partial charge is 0.493 e. The second-order valence-corrected chi connectivity index (χ2v) is 5.95. The highest BCUT2D eigenvalue weighted by Crippen LogP contribution is 2.30. The normalized spacial score (nSPS) is 22.3. The number of rotatable bonds is 6. The van der Waals surface area contributed by atoms with Crippen molar-refractivity contribution in [1.82, 2.24) is 4.90 Å². The molecule has 0 bridgehead atoms. The molecule has 1 aromatic rings. The molecule has 2 atom stereocenters. The molecule has 0 aromatic heterocycles. The maximum absolute atomic E-state index is 5.95. The van der Waals surface area contributed by atoms with Crippen molar-refractivity contribution in [3.05, 3.63) is 23.8 Å². The van der Waals surface area contributed by atoms with Crippen molar-refractivity contribution in [3.8, 4) is 11.5 Å². The van der Waals surface area contributed by atoms with Gasteiger partial charge in [0, 0.05) is 12.6 Å². The first-order valence-electron chi connectivity index (χ1n) is 7.80. The van der Waals surface area contributed by atoms with Crippen LogP contribution in [0, 0.1) is 5.92 Å². The maximum Gasteiger partial charge on any atom is 0.161 e. The lowest BCUT2D eigenvalue weighted by Crippen LogP contribution is -2.42. The third-order valence-electron chi connectivity index (χ3n) is 4.62. The van der Waals surface area contributed by atoms with Crippen LogP contribution in [0.5, 0.6) is 11.5 Å². The van der Waals surface area contributed by atoms with Gasteiger partial charge in [-0.2, -0.15) is 0 Å². The lowest BCUT2D eigenvalue weighted by atomic mass is 9.83. The van der Waals surface area contributed by atoms with Crippen LogP contribution < -0.4 is 15.2 Å². The summed E-state index contributed by atoms with van der Waals surface area (Å²) in [6, 6.07) is 6.74. The van der Waals surface area contributed by atoms with Gasteiger partial charge in [-0.1, -0.05) is 18.9 Å². The molecule has 2 rings (SSSR count). The highest BCUT2D eigenvalue weighted by atomic mass is 16.5. The zero-order valence-corrected chi connectivity index (χ0v) is 13.5. The Balaban J connectivity index is 2.06. The van der Waals surface area contributed by atoms with E-state index >= 15 is 0 Å². The minimum Gasteiger partial charge on any atom is -0.493 e. The van der Waals surface area contributed by atoms with Gasteiger partial charge in [0.1, 0.15) is 0 Å². The molecule has 1 aliphatic carbocycles. The van der Waals surface area contributed by atoms with Gasteiger partial charge in [-0.3, -0.25) is 4.90 Å². The molecule has 0 heterocycles. The minimum absolute atomic E-state index is 0.594. The van der Waals surface area contributed by atoms with Crippen LogP contribution in [-0.2, 0) is 6.54 Å². The molecule has 1 fully saturated rings. The van der Waals surface area contributed by atoms with Crippen LogP contribution in [0.2, 0.25) is 0 Å². The summed E-state index contributed by atoms with van der Waals surface area (Å²) in [6.45, 7) is 1.71. The Kier molecular flexibility index (Phi) is 5.88. The van der Waals surface area contributed by atoms with Crippen LogP contribution in [0.25, 0.3) is 0 Å². The van der Waals surface area contributed by atoms with Crippen molar-refractivity contribution in [2.75, 3.05) is 27.8 Å². The number of methoxy groups -OCH3 is 2. The van der Waals surface area contributed by atoms with Crippen molar-refractivity contribution in [2.45, 2.75) is 38.3 Å². The van der Waals surface area contributed by atoms with E-state index in [4.69, 9.17) is 15.2 Å². The molecule has 1 saturated carbocycles. The molecule has 0 radical (unpaired) electrons. The Bertz CT molecular complexity index is 450. The third kappa shape index (κ3) is 3.89. The maximum atomic E-state index is 5.95. The first-order valence-corrected chi connectivity index (χ1v) is 7.80. The predicted octanol–water partition coefficient (Wildman–Crippen LogP) is 2.65. The monoisotopic (exact) mass is 292 g/mol. The molecule has 1 aromatic carbocycles. The van der Waals surface area contributed by atoms with Gasteiger partial charge in [-0.05, 0) is 50.0 Å². The summed E-state index contributed by atoms with van der Waals surface area (Å²) in [5.74, 6) is 2.20. The number of ether oxygens (including phenoxy) is 2. The molecule has 2 unspecified atom stereocenters. The molecule has 0 aliphatic heterocycles. The molecule has 0 amide bonds. The fraction of sp³-hybridized carbons (Fsp3) is 0.647. The number of hydrogen-bond acceptors (Lipinski definition) is 4. The number of nitrogens with two attached hydrogens (primary N) is 1. The van der Waals surface area contributed by atoms with Crippen LogP contribution in [0.1, 0.15) is 31.2 Å². The molecule has 1 aliphatic rings. The lowest BCUT2D eigenvalue weighted by molar-refractivity contribution is 0.127. The van der Waals surface area contributed by atoms with Crippen LogP contribution in [0.4, 0.5) is 0 Å². The fourth-order valence-electron chi connectivity index (χ4n) is 3.43. The van der Waals surface area contributed by atoms with E-state index in [1.54, 1.807) is 14.2 Å². The summed E-state index contributed by atoms with van der Waals surface area (Å²) < 4.78 is 10.7. The third-order valence-corrected chi connectivity index (χ3v) is 4.62. The molecule has 0 spiro atoms. The van der Waals surface area contributed by atoms with Gasteiger partial charge in [-0.15, -0.1) is 0 Å². The Morgan fingerprint density at radius 3 is 2.52 bits per heavy atom. The van der Waals surface area contributed by atoms with Gasteiger partial charge in [0.15, 0.2) is 11.5 Å². The van der Waals surface area contributed by atoms with Gasteiger partial charge in [-0.25, -0.2) is 0 Å². The molecule has 118 valence electrons. The number of hydrogen-bond donors (Lipinski definition) is 1. The summed E-state index contributed by atoms with van der Waals surface area (Å²) in [5.41, 5.74) is 7.19. The highest BCUT2D eigenvalue weighted by molar-refractivity contribution is 5.42. The molecule has 2 N–H and O–H groups in total. The van der Waals surface area contributed by atoms with E-state index in [-0.39, 0.29) is 0 Å². The van der Waals surface area contributed by atoms with Crippen molar-refractivity contribution in [1.29, 1.82) is 0 Å². The van der Waals surface area contributed by atoms with Crippen molar-refractivity contribution in [3.63, 3.8) is 0 Å². The Morgan fingerprint density at radius 2 is 1.86 bits per heavy atom. The molecular weight excluding hydrogens is 264 g/mol. The van der Waals surface area contributed by atoms with Crippen molar-refractivity contribution < 1.29 is 9.47 Å². The molecule has 21 heavy (non-hydrogen) atoms. The molecule has 0 saturated heterocycles. The van der Waals surface area contributed by atoms with Gasteiger partial charge < -0.3 is 15.2 Å². The minimum atomic E-state index is 0.594. The number of nitrogens with zero attached hydrogens (tertiary/aromatic N) is 1. The zero-order valence-electron chi connectivity index (χ0n) is 13.5. The molecule has 4 heteroatoms.